The van der Waals surface area contributed by atoms with E-state index < -0.39 is 0 Å². The summed E-state index contributed by atoms with van der Waals surface area (Å²) in [7, 11) is 0. The van der Waals surface area contributed by atoms with Gasteiger partial charge in [-0.25, -0.2) is 4.68 Å². The van der Waals surface area contributed by atoms with Gasteiger partial charge >= 0.3 is 0 Å². The lowest BCUT2D eigenvalue weighted by Gasteiger charge is -2.21. The van der Waals surface area contributed by atoms with Gasteiger partial charge in [0.2, 0.25) is 5.91 Å². The van der Waals surface area contributed by atoms with E-state index in [0.717, 1.165) is 42.8 Å². The molecule has 6 nitrogen and oxygen atoms in total. The van der Waals surface area contributed by atoms with Gasteiger partial charge in [0, 0.05) is 30.8 Å². The Bertz CT molecular complexity index is 625. The van der Waals surface area contributed by atoms with Crippen molar-refractivity contribution in [1.82, 2.24) is 20.3 Å². The summed E-state index contributed by atoms with van der Waals surface area (Å²) >= 11 is 1.92. The maximum atomic E-state index is 12.0. The summed E-state index contributed by atoms with van der Waals surface area (Å²) in [5, 5.41) is 11.7. The van der Waals surface area contributed by atoms with E-state index in [2.05, 4.69) is 15.6 Å². The van der Waals surface area contributed by atoms with Crippen LogP contribution in [0.15, 0.2) is 24.3 Å². The molecule has 1 aliphatic rings. The van der Waals surface area contributed by atoms with Crippen molar-refractivity contribution in [1.29, 1.82) is 0 Å². The zero-order valence-corrected chi connectivity index (χ0v) is 13.2. The largest absolute Gasteiger partial charge is 0.381 e. The Balaban J connectivity index is 1.41. The van der Waals surface area contributed by atoms with Gasteiger partial charge in [0.15, 0.2) is 0 Å². The van der Waals surface area contributed by atoms with E-state index in [-0.39, 0.29) is 12.5 Å². The molecule has 1 aromatic heterocycles. The van der Waals surface area contributed by atoms with Crippen LogP contribution in [0.3, 0.4) is 0 Å². The summed E-state index contributed by atoms with van der Waals surface area (Å²) in [5.41, 5.74) is 1.69. The molecule has 0 bridgehead atoms. The van der Waals surface area contributed by atoms with Crippen LogP contribution in [-0.2, 0) is 16.1 Å². The second-order valence-corrected chi connectivity index (χ2v) is 6.68. The number of carbonyl (C=O) groups excluding carboxylic acids is 1. The van der Waals surface area contributed by atoms with Gasteiger partial charge in [-0.1, -0.05) is 17.3 Å². The fourth-order valence-corrected chi connectivity index (χ4v) is 3.56. The first kappa shape index (κ1) is 15.3. The predicted molar refractivity (Wildman–Crippen MR) is 86.8 cm³/mol. The van der Waals surface area contributed by atoms with Crippen molar-refractivity contribution < 1.29 is 9.53 Å². The number of benzene rings is 1. The van der Waals surface area contributed by atoms with Crippen LogP contribution in [-0.4, -0.2) is 51.7 Å². The van der Waals surface area contributed by atoms with E-state index >= 15 is 0 Å². The lowest BCUT2D eigenvalue weighted by molar-refractivity contribution is -0.121. The van der Waals surface area contributed by atoms with Gasteiger partial charge in [-0.2, -0.15) is 11.8 Å². The molecule has 0 spiro atoms. The highest BCUT2D eigenvalue weighted by atomic mass is 32.2. The van der Waals surface area contributed by atoms with E-state index in [1.165, 1.54) is 0 Å². The van der Waals surface area contributed by atoms with Gasteiger partial charge in [0.25, 0.3) is 0 Å². The Morgan fingerprint density at radius 2 is 2.18 bits per heavy atom. The van der Waals surface area contributed by atoms with Crippen molar-refractivity contribution >= 4 is 28.7 Å². The molecular formula is C15H20N4O2S. The average Bonchev–Trinajstić information content (AvgIpc) is 2.96. The van der Waals surface area contributed by atoms with Crippen molar-refractivity contribution in [2.24, 2.45) is 0 Å². The highest BCUT2D eigenvalue weighted by Gasteiger charge is 2.14. The van der Waals surface area contributed by atoms with E-state index in [4.69, 9.17) is 4.74 Å². The average molecular weight is 320 g/mol. The van der Waals surface area contributed by atoms with Crippen LogP contribution in [0.4, 0.5) is 0 Å². The quantitative estimate of drug-likeness (QED) is 0.816. The molecule has 0 unspecified atom stereocenters. The number of ether oxygens (including phenoxy) is 1. The zero-order chi connectivity index (χ0) is 15.2. The first-order valence-electron chi connectivity index (χ1n) is 7.57. The molecule has 2 aromatic rings. The Morgan fingerprint density at radius 1 is 1.36 bits per heavy atom. The Hall–Kier alpha value is -1.60. The molecule has 1 amide bonds. The minimum Gasteiger partial charge on any atom is -0.381 e. The second-order valence-electron chi connectivity index (χ2n) is 5.27. The van der Waals surface area contributed by atoms with Gasteiger partial charge < -0.3 is 10.1 Å². The molecule has 22 heavy (non-hydrogen) atoms. The molecule has 1 aliphatic heterocycles. The molecule has 1 saturated heterocycles. The van der Waals surface area contributed by atoms with E-state index in [9.17, 15) is 4.79 Å². The maximum Gasteiger partial charge on any atom is 0.241 e. The van der Waals surface area contributed by atoms with Gasteiger partial charge in [-0.05, 0) is 25.0 Å². The highest BCUT2D eigenvalue weighted by molar-refractivity contribution is 7.99. The molecule has 118 valence electrons. The first-order chi connectivity index (χ1) is 10.8. The standard InChI is InChI=1S/C15H20N4O2S/c20-15(16-7-10-22-12-5-8-21-9-6-12)11-19-14-4-2-1-3-13(14)17-18-19/h1-4,12H,5-11H2,(H,16,20). The fraction of sp³-hybridized carbons (Fsp3) is 0.533. The SMILES string of the molecule is O=C(Cn1nnc2ccccc21)NCCSC1CCOCC1. The third-order valence-electron chi connectivity index (χ3n) is 3.66. The van der Waals surface area contributed by atoms with Crippen LogP contribution in [0.5, 0.6) is 0 Å². The molecule has 0 saturated carbocycles. The molecular weight excluding hydrogens is 300 g/mol. The lowest BCUT2D eigenvalue weighted by Crippen LogP contribution is -2.30. The molecule has 0 aliphatic carbocycles. The highest BCUT2D eigenvalue weighted by Crippen LogP contribution is 2.21. The van der Waals surface area contributed by atoms with Crippen molar-refractivity contribution in [3.8, 4) is 0 Å². The predicted octanol–water partition coefficient (Wildman–Crippen LogP) is 1.46. The number of fused-ring (bicyclic) bond motifs is 1. The number of nitrogens with one attached hydrogen (secondary N) is 1. The van der Waals surface area contributed by atoms with Crippen molar-refractivity contribution in [2.75, 3.05) is 25.5 Å². The lowest BCUT2D eigenvalue weighted by atomic mass is 10.2. The summed E-state index contributed by atoms with van der Waals surface area (Å²) < 4.78 is 6.97. The Morgan fingerprint density at radius 3 is 3.05 bits per heavy atom. The third-order valence-corrected chi connectivity index (χ3v) is 5.04. The summed E-state index contributed by atoms with van der Waals surface area (Å²) in [4.78, 5) is 12.0. The first-order valence-corrected chi connectivity index (χ1v) is 8.62. The Kier molecular flexibility index (Phi) is 5.29. The van der Waals surface area contributed by atoms with Gasteiger partial charge in [-0.15, -0.1) is 5.10 Å². The maximum absolute atomic E-state index is 12.0. The monoisotopic (exact) mass is 320 g/mol. The topological polar surface area (TPSA) is 69.0 Å². The van der Waals surface area contributed by atoms with Crippen LogP contribution >= 0.6 is 11.8 Å². The van der Waals surface area contributed by atoms with E-state index in [0.29, 0.717) is 11.8 Å². The van der Waals surface area contributed by atoms with Crippen molar-refractivity contribution in [2.45, 2.75) is 24.6 Å². The number of aromatic nitrogens is 3. The van der Waals surface area contributed by atoms with Crippen LogP contribution in [0.2, 0.25) is 0 Å². The number of rotatable bonds is 6. The molecule has 3 rings (SSSR count). The number of hydrogen-bond donors (Lipinski definition) is 1. The number of thioether (sulfide) groups is 1. The fourth-order valence-electron chi connectivity index (χ4n) is 2.48. The number of amides is 1. The van der Waals surface area contributed by atoms with Crippen LogP contribution in [0.25, 0.3) is 11.0 Å². The minimum atomic E-state index is -0.0248. The van der Waals surface area contributed by atoms with Gasteiger partial charge in [0.05, 0.1) is 5.52 Å². The third kappa shape index (κ3) is 3.98. The van der Waals surface area contributed by atoms with Gasteiger partial charge in [0.1, 0.15) is 12.1 Å². The van der Waals surface area contributed by atoms with Crippen molar-refractivity contribution in [3.05, 3.63) is 24.3 Å². The smallest absolute Gasteiger partial charge is 0.241 e. The summed E-state index contributed by atoms with van der Waals surface area (Å²) in [6.07, 6.45) is 2.23. The molecule has 0 radical (unpaired) electrons. The van der Waals surface area contributed by atoms with Crippen LogP contribution in [0, 0.1) is 0 Å². The number of carbonyl (C=O) groups is 1. The molecule has 1 aromatic carbocycles. The molecule has 1 fully saturated rings. The minimum absolute atomic E-state index is 0.0248. The molecule has 7 heteroatoms. The summed E-state index contributed by atoms with van der Waals surface area (Å²) in [5.74, 6) is 0.914. The van der Waals surface area contributed by atoms with Gasteiger partial charge in [-0.3, -0.25) is 4.79 Å². The number of para-hydroxylation sites is 1. The van der Waals surface area contributed by atoms with Crippen LogP contribution < -0.4 is 5.32 Å². The van der Waals surface area contributed by atoms with E-state index in [1.54, 1.807) is 4.68 Å². The molecule has 0 atom stereocenters. The summed E-state index contributed by atoms with van der Waals surface area (Å²) in [6.45, 7) is 2.63. The summed E-state index contributed by atoms with van der Waals surface area (Å²) in [6, 6.07) is 7.64. The van der Waals surface area contributed by atoms with Crippen LogP contribution in [0.1, 0.15) is 12.8 Å². The van der Waals surface area contributed by atoms with E-state index in [1.807, 2.05) is 36.0 Å². The molecule has 1 N–H and O–H groups in total. The Labute approximate surface area is 133 Å². The number of hydrogen-bond acceptors (Lipinski definition) is 5. The zero-order valence-electron chi connectivity index (χ0n) is 12.4. The molecule has 2 heterocycles. The number of nitrogens with zero attached hydrogens (tertiary/aromatic N) is 3. The second kappa shape index (κ2) is 7.60. The normalized spacial score (nSPS) is 16.0. The van der Waals surface area contributed by atoms with Crippen molar-refractivity contribution in [3.63, 3.8) is 0 Å².